The number of likely N-dealkylation sites (tertiary alicyclic amines) is 1. The maximum Gasteiger partial charge on any atom is 0.229 e. The van der Waals surface area contributed by atoms with E-state index in [0.29, 0.717) is 35.0 Å². The average Bonchev–Trinajstić information content (AvgIpc) is 3.50. The first-order valence-corrected chi connectivity index (χ1v) is 17.3. The number of hydrogen-bond acceptors (Lipinski definition) is 11. The van der Waals surface area contributed by atoms with Gasteiger partial charge in [0.05, 0.1) is 43.7 Å². The lowest BCUT2D eigenvalue weighted by Gasteiger charge is -2.38. The van der Waals surface area contributed by atoms with Gasteiger partial charge in [-0.3, -0.25) is 9.62 Å². The fraction of sp³-hybridized carbons (Fsp3) is 0.484. The van der Waals surface area contributed by atoms with Crippen LogP contribution < -0.4 is 29.7 Å². The number of benzene rings is 2. The number of anilines is 6. The molecule has 0 radical (unpaired) electrons. The van der Waals surface area contributed by atoms with E-state index in [4.69, 9.17) is 21.1 Å². The van der Waals surface area contributed by atoms with Crippen molar-refractivity contribution >= 4 is 56.1 Å². The number of aromatic nitrogens is 2. The highest BCUT2D eigenvalue weighted by molar-refractivity contribution is 7.92. The molecule has 3 aromatic rings. The SMILES string of the molecule is COc1ccc(NS(C)(=O)=O)c(Nc2nc(Nc3cc(C)c(N4CCC(N5CCC(N(C)C)C5)CC4)cc3OC)ncc2Cl)c1. The highest BCUT2D eigenvalue weighted by atomic mass is 35.5. The van der Waals surface area contributed by atoms with Gasteiger partial charge in [0.2, 0.25) is 16.0 Å². The molecule has 2 aliphatic heterocycles. The van der Waals surface area contributed by atoms with Crippen LogP contribution in [0.1, 0.15) is 24.8 Å². The van der Waals surface area contributed by atoms with E-state index >= 15 is 0 Å². The number of sulfonamides is 1. The van der Waals surface area contributed by atoms with E-state index in [9.17, 15) is 8.42 Å². The molecule has 14 heteroatoms. The Balaban J connectivity index is 1.31. The molecule has 1 unspecified atom stereocenters. The summed E-state index contributed by atoms with van der Waals surface area (Å²) in [6, 6.07) is 10.3. The second kappa shape index (κ2) is 13.9. The normalized spacial score (nSPS) is 17.9. The van der Waals surface area contributed by atoms with Crippen molar-refractivity contribution in [1.82, 2.24) is 19.8 Å². The molecule has 2 aromatic carbocycles. The second-order valence-electron chi connectivity index (χ2n) is 11.9. The number of nitrogens with zero attached hydrogens (tertiary/aromatic N) is 5. The summed E-state index contributed by atoms with van der Waals surface area (Å²) in [7, 11) is 4.00. The van der Waals surface area contributed by atoms with Crippen molar-refractivity contribution in [3.8, 4) is 11.5 Å². The molecule has 2 saturated heterocycles. The van der Waals surface area contributed by atoms with Crippen LogP contribution in [-0.2, 0) is 10.0 Å². The van der Waals surface area contributed by atoms with Gasteiger partial charge in [-0.05, 0) is 64.0 Å². The topological polar surface area (TPSA) is 124 Å². The Bertz CT molecular complexity index is 1620. The second-order valence-corrected chi connectivity index (χ2v) is 14.0. The minimum Gasteiger partial charge on any atom is -0.497 e. The van der Waals surface area contributed by atoms with Gasteiger partial charge in [0.1, 0.15) is 16.5 Å². The van der Waals surface area contributed by atoms with E-state index in [1.807, 2.05) is 6.07 Å². The monoisotopic (exact) mass is 658 g/mol. The van der Waals surface area contributed by atoms with Gasteiger partial charge in [-0.2, -0.15) is 4.98 Å². The van der Waals surface area contributed by atoms with Crippen molar-refractivity contribution in [3.63, 3.8) is 0 Å². The van der Waals surface area contributed by atoms with Crippen molar-refractivity contribution < 1.29 is 17.9 Å². The lowest BCUT2D eigenvalue weighted by molar-refractivity contribution is 0.189. The smallest absolute Gasteiger partial charge is 0.229 e. The Hall–Kier alpha value is -3.52. The number of aryl methyl sites for hydroxylation is 1. The summed E-state index contributed by atoms with van der Waals surface area (Å²) in [4.78, 5) is 16.4. The van der Waals surface area contributed by atoms with Crippen molar-refractivity contribution in [2.75, 3.05) is 81.0 Å². The van der Waals surface area contributed by atoms with Gasteiger partial charge in [0.15, 0.2) is 5.82 Å². The minimum atomic E-state index is -3.54. The van der Waals surface area contributed by atoms with Crippen molar-refractivity contribution in [3.05, 3.63) is 47.1 Å². The Morgan fingerprint density at radius 1 is 0.978 bits per heavy atom. The lowest BCUT2D eigenvalue weighted by Crippen LogP contribution is -2.45. The zero-order chi connectivity index (χ0) is 32.3. The molecule has 45 heavy (non-hydrogen) atoms. The summed E-state index contributed by atoms with van der Waals surface area (Å²) in [6.07, 6.45) is 6.09. The molecule has 2 fully saturated rings. The van der Waals surface area contributed by atoms with E-state index in [1.54, 1.807) is 25.3 Å². The summed E-state index contributed by atoms with van der Waals surface area (Å²) in [5.41, 5.74) is 3.72. The van der Waals surface area contributed by atoms with Crippen LogP contribution in [0.15, 0.2) is 36.5 Å². The standard InChI is InChI=1S/C31H43ClN8O4S/c1-20-15-27(29(44-5)17-28(20)39-12-9-21(10-13-39)40-14-11-22(19-40)38(2)3)35-31-33-18-24(32)30(36-31)34-26-16-23(43-4)7-8-25(26)37-45(6,41)42/h7-8,15-18,21-22,37H,9-14,19H2,1-6H3,(H2,33,34,35,36). The van der Waals surface area contributed by atoms with Gasteiger partial charge in [-0.1, -0.05) is 11.6 Å². The molecule has 12 nitrogen and oxygen atoms in total. The summed E-state index contributed by atoms with van der Waals surface area (Å²) >= 11 is 6.45. The van der Waals surface area contributed by atoms with Gasteiger partial charge in [-0.15, -0.1) is 0 Å². The highest BCUT2D eigenvalue weighted by Gasteiger charge is 2.32. The molecule has 0 spiro atoms. The quantitative estimate of drug-likeness (QED) is 0.260. The zero-order valence-electron chi connectivity index (χ0n) is 26.7. The predicted molar refractivity (Wildman–Crippen MR) is 182 cm³/mol. The fourth-order valence-electron chi connectivity index (χ4n) is 6.08. The van der Waals surface area contributed by atoms with Gasteiger partial charge in [0.25, 0.3) is 0 Å². The van der Waals surface area contributed by atoms with Crippen LogP contribution in [-0.4, -0.2) is 101 Å². The molecule has 244 valence electrons. The molecule has 3 N–H and O–H groups in total. The van der Waals surface area contributed by atoms with Crippen molar-refractivity contribution in [2.45, 2.75) is 38.3 Å². The van der Waals surface area contributed by atoms with Gasteiger partial charge in [0, 0.05) is 56.1 Å². The van der Waals surface area contributed by atoms with Gasteiger partial charge in [-0.25, -0.2) is 13.4 Å². The molecular weight excluding hydrogens is 616 g/mol. The van der Waals surface area contributed by atoms with E-state index in [-0.39, 0.29) is 16.8 Å². The summed E-state index contributed by atoms with van der Waals surface area (Å²) in [5, 5.41) is 6.64. The number of halogens is 1. The first kappa shape index (κ1) is 32.9. The van der Waals surface area contributed by atoms with Crippen LogP contribution in [0.5, 0.6) is 11.5 Å². The number of rotatable bonds is 11. The molecule has 0 bridgehead atoms. The number of likely N-dealkylation sites (N-methyl/N-ethyl adjacent to an activating group) is 1. The maximum atomic E-state index is 11.9. The van der Waals surface area contributed by atoms with Gasteiger partial charge >= 0.3 is 0 Å². The molecule has 1 atom stereocenters. The predicted octanol–water partition coefficient (Wildman–Crippen LogP) is 4.92. The zero-order valence-corrected chi connectivity index (χ0v) is 28.3. The average molecular weight is 659 g/mol. The number of piperidine rings is 1. The molecule has 1 aromatic heterocycles. The molecule has 3 heterocycles. The third-order valence-electron chi connectivity index (χ3n) is 8.53. The van der Waals surface area contributed by atoms with E-state index < -0.39 is 10.0 Å². The Kier molecular flexibility index (Phi) is 10.1. The largest absolute Gasteiger partial charge is 0.497 e. The van der Waals surface area contributed by atoms with Crippen LogP contribution in [0.25, 0.3) is 0 Å². The van der Waals surface area contributed by atoms with Gasteiger partial charge < -0.3 is 29.9 Å². The Labute approximate surface area is 271 Å². The van der Waals surface area contributed by atoms with Crippen LogP contribution in [0, 0.1) is 6.92 Å². The van der Waals surface area contributed by atoms with E-state index in [0.717, 1.165) is 55.7 Å². The summed E-state index contributed by atoms with van der Waals surface area (Å²) < 4.78 is 37.5. The van der Waals surface area contributed by atoms with Crippen LogP contribution in [0.4, 0.5) is 34.5 Å². The third-order valence-corrected chi connectivity index (χ3v) is 9.40. The van der Waals surface area contributed by atoms with Crippen molar-refractivity contribution in [2.24, 2.45) is 0 Å². The number of methoxy groups -OCH3 is 2. The number of hydrogen-bond donors (Lipinski definition) is 3. The lowest BCUT2D eigenvalue weighted by atomic mass is 10.0. The molecule has 0 saturated carbocycles. The molecule has 5 rings (SSSR count). The molecule has 0 amide bonds. The Morgan fingerprint density at radius 3 is 2.38 bits per heavy atom. The molecule has 2 aliphatic rings. The minimum absolute atomic E-state index is 0.252. The van der Waals surface area contributed by atoms with E-state index in [1.165, 1.54) is 26.3 Å². The molecule has 0 aliphatic carbocycles. The van der Waals surface area contributed by atoms with Crippen LogP contribution >= 0.6 is 11.6 Å². The summed E-state index contributed by atoms with van der Waals surface area (Å²) in [6.45, 7) is 6.44. The Morgan fingerprint density at radius 2 is 1.73 bits per heavy atom. The van der Waals surface area contributed by atoms with Crippen LogP contribution in [0.2, 0.25) is 5.02 Å². The first-order valence-electron chi connectivity index (χ1n) is 15.0. The fourth-order valence-corrected chi connectivity index (χ4v) is 6.80. The number of nitrogens with one attached hydrogen (secondary N) is 3. The summed E-state index contributed by atoms with van der Waals surface area (Å²) in [5.74, 6) is 1.77. The van der Waals surface area contributed by atoms with Crippen molar-refractivity contribution in [1.29, 1.82) is 0 Å². The first-order chi connectivity index (χ1) is 21.4. The highest BCUT2D eigenvalue weighted by Crippen LogP contribution is 2.37. The molecular formula is C31H43ClN8O4S. The van der Waals surface area contributed by atoms with E-state index in [2.05, 4.69) is 67.1 Å². The van der Waals surface area contributed by atoms with Crippen LogP contribution in [0.3, 0.4) is 0 Å². The maximum absolute atomic E-state index is 11.9. The third kappa shape index (κ3) is 8.01. The number of ether oxygens (including phenoxy) is 2.